The van der Waals surface area contributed by atoms with Crippen molar-refractivity contribution in [3.05, 3.63) is 35.9 Å². The van der Waals surface area contributed by atoms with Gasteiger partial charge in [0.15, 0.2) is 0 Å². The molecule has 4 heteroatoms. The minimum Gasteiger partial charge on any atom is -0.465 e. The van der Waals surface area contributed by atoms with Gasteiger partial charge in [-0.05, 0) is 24.8 Å². The van der Waals surface area contributed by atoms with Gasteiger partial charge < -0.3 is 15.6 Å². The Hall–Kier alpha value is -1.39. The first kappa shape index (κ1) is 13.7. The zero-order valence-electron chi connectivity index (χ0n) is 9.84. The maximum absolute atomic E-state index is 11.5. The molecule has 1 aromatic carbocycles. The third-order valence-corrected chi connectivity index (χ3v) is 2.40. The first-order chi connectivity index (χ1) is 8.24. The number of esters is 1. The van der Waals surface area contributed by atoms with Gasteiger partial charge in [0.2, 0.25) is 0 Å². The van der Waals surface area contributed by atoms with Crippen LogP contribution in [0.25, 0.3) is 0 Å². The Morgan fingerprint density at radius 1 is 1.29 bits per heavy atom. The Labute approximate surface area is 101 Å². The predicted molar refractivity (Wildman–Crippen MR) is 65.4 cm³/mol. The van der Waals surface area contributed by atoms with Gasteiger partial charge in [0, 0.05) is 6.61 Å². The maximum Gasteiger partial charge on any atom is 0.323 e. The van der Waals surface area contributed by atoms with Gasteiger partial charge in [0.25, 0.3) is 0 Å². The largest absolute Gasteiger partial charge is 0.465 e. The van der Waals surface area contributed by atoms with Crippen molar-refractivity contribution in [1.82, 2.24) is 0 Å². The highest BCUT2D eigenvalue weighted by Gasteiger charge is 2.15. The molecule has 1 atom stereocenters. The van der Waals surface area contributed by atoms with Crippen molar-refractivity contribution in [2.75, 3.05) is 13.2 Å². The van der Waals surface area contributed by atoms with Crippen LogP contribution in [0.2, 0.25) is 0 Å². The predicted octanol–water partition coefficient (Wildman–Crippen LogP) is 0.872. The van der Waals surface area contributed by atoms with Crippen molar-refractivity contribution in [2.24, 2.45) is 5.73 Å². The second kappa shape index (κ2) is 7.81. The monoisotopic (exact) mass is 237 g/mol. The number of ether oxygens (including phenoxy) is 1. The SMILES string of the molecule is N[C@@H](Cc1ccccc1)C(=O)OCCCCO. The quantitative estimate of drug-likeness (QED) is 0.545. The molecule has 4 nitrogen and oxygen atoms in total. The Morgan fingerprint density at radius 3 is 2.65 bits per heavy atom. The summed E-state index contributed by atoms with van der Waals surface area (Å²) < 4.78 is 5.00. The molecule has 0 spiro atoms. The van der Waals surface area contributed by atoms with E-state index in [1.165, 1.54) is 0 Å². The molecule has 0 aliphatic heterocycles. The summed E-state index contributed by atoms with van der Waals surface area (Å²) in [4.78, 5) is 11.5. The van der Waals surface area contributed by atoms with Crippen LogP contribution in [0, 0.1) is 0 Å². The summed E-state index contributed by atoms with van der Waals surface area (Å²) in [6.45, 7) is 0.440. The first-order valence-electron chi connectivity index (χ1n) is 5.81. The smallest absolute Gasteiger partial charge is 0.323 e. The Balaban J connectivity index is 2.27. The molecule has 0 saturated heterocycles. The molecular weight excluding hydrogens is 218 g/mol. The maximum atomic E-state index is 11.5. The van der Waals surface area contributed by atoms with Crippen LogP contribution in [0.3, 0.4) is 0 Å². The normalized spacial score (nSPS) is 12.1. The van der Waals surface area contributed by atoms with E-state index < -0.39 is 6.04 Å². The first-order valence-corrected chi connectivity index (χ1v) is 5.81. The Kier molecular flexibility index (Phi) is 6.29. The van der Waals surface area contributed by atoms with Crippen LogP contribution >= 0.6 is 0 Å². The molecule has 17 heavy (non-hydrogen) atoms. The van der Waals surface area contributed by atoms with E-state index in [0.29, 0.717) is 25.9 Å². The van der Waals surface area contributed by atoms with Gasteiger partial charge in [-0.2, -0.15) is 0 Å². The van der Waals surface area contributed by atoms with Gasteiger partial charge in [0.05, 0.1) is 6.61 Å². The number of carbonyl (C=O) groups excluding carboxylic acids is 1. The third kappa shape index (κ3) is 5.47. The second-order valence-electron chi connectivity index (χ2n) is 3.89. The summed E-state index contributed by atoms with van der Waals surface area (Å²) >= 11 is 0. The van der Waals surface area contributed by atoms with E-state index in [1.54, 1.807) is 0 Å². The lowest BCUT2D eigenvalue weighted by Crippen LogP contribution is -2.34. The minimum atomic E-state index is -0.619. The molecule has 0 heterocycles. The molecule has 0 bridgehead atoms. The van der Waals surface area contributed by atoms with Gasteiger partial charge in [-0.3, -0.25) is 4.79 Å². The number of hydrogen-bond donors (Lipinski definition) is 2. The summed E-state index contributed by atoms with van der Waals surface area (Å²) in [6, 6.07) is 8.98. The molecule has 0 unspecified atom stereocenters. The van der Waals surface area contributed by atoms with Gasteiger partial charge in [-0.1, -0.05) is 30.3 Å². The number of carbonyl (C=O) groups is 1. The van der Waals surface area contributed by atoms with Crippen LogP contribution in [-0.2, 0) is 16.0 Å². The molecule has 3 N–H and O–H groups in total. The zero-order chi connectivity index (χ0) is 12.5. The summed E-state index contributed by atoms with van der Waals surface area (Å²) in [6.07, 6.45) is 1.79. The number of nitrogens with two attached hydrogens (primary N) is 1. The van der Waals surface area contributed by atoms with E-state index in [4.69, 9.17) is 15.6 Å². The van der Waals surface area contributed by atoms with E-state index >= 15 is 0 Å². The topological polar surface area (TPSA) is 72.6 Å². The molecule has 0 fully saturated rings. The van der Waals surface area contributed by atoms with Gasteiger partial charge in [0.1, 0.15) is 6.04 Å². The number of benzene rings is 1. The van der Waals surface area contributed by atoms with E-state index in [0.717, 1.165) is 5.56 Å². The summed E-state index contributed by atoms with van der Waals surface area (Å²) in [7, 11) is 0. The fourth-order valence-electron chi connectivity index (χ4n) is 1.45. The highest BCUT2D eigenvalue weighted by atomic mass is 16.5. The van der Waals surface area contributed by atoms with Crippen molar-refractivity contribution in [3.8, 4) is 0 Å². The van der Waals surface area contributed by atoms with Crippen molar-refractivity contribution in [1.29, 1.82) is 0 Å². The van der Waals surface area contributed by atoms with E-state index in [-0.39, 0.29) is 12.6 Å². The molecule has 0 aliphatic rings. The van der Waals surface area contributed by atoms with Crippen molar-refractivity contribution in [2.45, 2.75) is 25.3 Å². The van der Waals surface area contributed by atoms with Crippen LogP contribution in [0.5, 0.6) is 0 Å². The molecule has 0 amide bonds. The molecule has 0 radical (unpaired) electrons. The third-order valence-electron chi connectivity index (χ3n) is 2.40. The number of unbranched alkanes of at least 4 members (excludes halogenated alkanes) is 1. The summed E-state index contributed by atoms with van der Waals surface area (Å²) in [5.41, 5.74) is 6.76. The fourth-order valence-corrected chi connectivity index (χ4v) is 1.45. The number of rotatable bonds is 7. The average molecular weight is 237 g/mol. The Bertz CT molecular complexity index is 327. The zero-order valence-corrected chi connectivity index (χ0v) is 9.84. The van der Waals surface area contributed by atoms with E-state index in [9.17, 15) is 4.79 Å². The van der Waals surface area contributed by atoms with E-state index in [1.807, 2.05) is 30.3 Å². The highest BCUT2D eigenvalue weighted by Crippen LogP contribution is 2.03. The van der Waals surface area contributed by atoms with Gasteiger partial charge in [-0.15, -0.1) is 0 Å². The van der Waals surface area contributed by atoms with Gasteiger partial charge in [-0.25, -0.2) is 0 Å². The van der Waals surface area contributed by atoms with Crippen LogP contribution < -0.4 is 5.73 Å². The van der Waals surface area contributed by atoms with Crippen molar-refractivity contribution < 1.29 is 14.6 Å². The molecule has 0 saturated carbocycles. The highest BCUT2D eigenvalue weighted by molar-refractivity contribution is 5.75. The lowest BCUT2D eigenvalue weighted by molar-refractivity contribution is -0.145. The number of hydrogen-bond acceptors (Lipinski definition) is 4. The van der Waals surface area contributed by atoms with Crippen LogP contribution in [0.1, 0.15) is 18.4 Å². The lowest BCUT2D eigenvalue weighted by Gasteiger charge is -2.11. The lowest BCUT2D eigenvalue weighted by atomic mass is 10.1. The van der Waals surface area contributed by atoms with Crippen LogP contribution in [0.4, 0.5) is 0 Å². The molecule has 1 aromatic rings. The molecule has 1 rings (SSSR count). The Morgan fingerprint density at radius 2 is 2.00 bits per heavy atom. The van der Waals surface area contributed by atoms with Crippen LogP contribution in [0.15, 0.2) is 30.3 Å². The van der Waals surface area contributed by atoms with Crippen molar-refractivity contribution in [3.63, 3.8) is 0 Å². The summed E-state index contributed by atoms with van der Waals surface area (Å²) in [5.74, 6) is -0.383. The molecular formula is C13H19NO3. The summed E-state index contributed by atoms with van der Waals surface area (Å²) in [5, 5.41) is 8.57. The fraction of sp³-hybridized carbons (Fsp3) is 0.462. The molecule has 0 aromatic heterocycles. The molecule has 94 valence electrons. The van der Waals surface area contributed by atoms with Crippen LogP contribution in [-0.4, -0.2) is 30.3 Å². The average Bonchev–Trinajstić information content (AvgIpc) is 2.35. The molecule has 0 aliphatic carbocycles. The number of aliphatic hydroxyl groups is 1. The van der Waals surface area contributed by atoms with E-state index in [2.05, 4.69) is 0 Å². The van der Waals surface area contributed by atoms with Gasteiger partial charge >= 0.3 is 5.97 Å². The van der Waals surface area contributed by atoms with Crippen molar-refractivity contribution >= 4 is 5.97 Å². The standard InChI is InChI=1S/C13H19NO3/c14-12(10-11-6-2-1-3-7-11)13(16)17-9-5-4-8-15/h1-3,6-7,12,15H,4-5,8-10,14H2/t12-/m0/s1. The number of aliphatic hydroxyl groups excluding tert-OH is 1. The second-order valence-corrected chi connectivity index (χ2v) is 3.89. The minimum absolute atomic E-state index is 0.119.